The molecule has 0 saturated carbocycles. The van der Waals surface area contributed by atoms with E-state index in [2.05, 4.69) is 0 Å². The van der Waals surface area contributed by atoms with Gasteiger partial charge in [-0.15, -0.1) is 11.3 Å². The zero-order valence-electron chi connectivity index (χ0n) is 9.38. The molecule has 0 aliphatic rings. The minimum absolute atomic E-state index is 0.282. The maximum atomic E-state index is 11.6. The summed E-state index contributed by atoms with van der Waals surface area (Å²) in [7, 11) is 0. The van der Waals surface area contributed by atoms with E-state index in [0.717, 1.165) is 10.1 Å². The molecule has 2 aromatic rings. The van der Waals surface area contributed by atoms with E-state index in [1.165, 1.54) is 0 Å². The smallest absolute Gasteiger partial charge is 0.320 e. The highest BCUT2D eigenvalue weighted by Crippen LogP contribution is 2.25. The van der Waals surface area contributed by atoms with Gasteiger partial charge in [-0.05, 0) is 41.5 Å². The average molecular weight is 248 g/mol. The SMILES string of the molecule is CCOC(=O)C(C=O)c1ccc2sccc2c1. The van der Waals surface area contributed by atoms with E-state index >= 15 is 0 Å². The minimum atomic E-state index is -0.820. The highest BCUT2D eigenvalue weighted by atomic mass is 32.1. The highest BCUT2D eigenvalue weighted by molar-refractivity contribution is 7.17. The van der Waals surface area contributed by atoms with E-state index in [4.69, 9.17) is 4.74 Å². The Balaban J connectivity index is 2.35. The molecule has 0 N–H and O–H groups in total. The van der Waals surface area contributed by atoms with Gasteiger partial charge in [0, 0.05) is 4.70 Å². The summed E-state index contributed by atoms with van der Waals surface area (Å²) in [5.74, 6) is -1.31. The van der Waals surface area contributed by atoms with Gasteiger partial charge < -0.3 is 9.53 Å². The van der Waals surface area contributed by atoms with Crippen LogP contribution in [0.4, 0.5) is 0 Å². The van der Waals surface area contributed by atoms with Crippen LogP contribution in [-0.4, -0.2) is 18.9 Å². The molecule has 0 amide bonds. The first-order valence-corrected chi connectivity index (χ1v) is 6.23. The van der Waals surface area contributed by atoms with Crippen LogP contribution in [0.15, 0.2) is 29.6 Å². The van der Waals surface area contributed by atoms with Crippen LogP contribution in [-0.2, 0) is 14.3 Å². The lowest BCUT2D eigenvalue weighted by Gasteiger charge is -2.09. The van der Waals surface area contributed by atoms with Crippen molar-refractivity contribution in [1.29, 1.82) is 0 Å². The summed E-state index contributed by atoms with van der Waals surface area (Å²) in [5.41, 5.74) is 0.685. The van der Waals surface area contributed by atoms with Crippen LogP contribution in [0.5, 0.6) is 0 Å². The minimum Gasteiger partial charge on any atom is -0.465 e. The van der Waals surface area contributed by atoms with Crippen molar-refractivity contribution in [2.45, 2.75) is 12.8 Å². The predicted octanol–water partition coefficient (Wildman–Crippen LogP) is 2.75. The second-order valence-corrected chi connectivity index (χ2v) is 4.53. The van der Waals surface area contributed by atoms with Crippen LogP contribution in [0.25, 0.3) is 10.1 Å². The van der Waals surface area contributed by atoms with Gasteiger partial charge in [-0.2, -0.15) is 0 Å². The Kier molecular flexibility index (Phi) is 3.54. The lowest BCUT2D eigenvalue weighted by atomic mass is 10.00. The van der Waals surface area contributed by atoms with Crippen LogP contribution in [0.3, 0.4) is 0 Å². The first-order valence-electron chi connectivity index (χ1n) is 5.35. The Morgan fingerprint density at radius 3 is 3.00 bits per heavy atom. The molecular weight excluding hydrogens is 236 g/mol. The van der Waals surface area contributed by atoms with Gasteiger partial charge in [-0.1, -0.05) is 6.07 Å². The van der Waals surface area contributed by atoms with Gasteiger partial charge in [-0.3, -0.25) is 4.79 Å². The normalized spacial score (nSPS) is 12.3. The van der Waals surface area contributed by atoms with Crippen molar-refractivity contribution in [2.24, 2.45) is 0 Å². The second-order valence-electron chi connectivity index (χ2n) is 3.58. The summed E-state index contributed by atoms with van der Waals surface area (Å²) in [5, 5.41) is 3.03. The maximum absolute atomic E-state index is 11.6. The van der Waals surface area contributed by atoms with E-state index in [0.29, 0.717) is 11.8 Å². The molecule has 1 aromatic carbocycles. The van der Waals surface area contributed by atoms with Crippen molar-refractivity contribution in [3.63, 3.8) is 0 Å². The first-order chi connectivity index (χ1) is 8.26. The number of rotatable bonds is 4. The number of benzene rings is 1. The largest absolute Gasteiger partial charge is 0.465 e. The van der Waals surface area contributed by atoms with E-state index in [1.54, 1.807) is 24.3 Å². The molecule has 3 nitrogen and oxygen atoms in total. The topological polar surface area (TPSA) is 43.4 Å². The molecular formula is C13H12O3S. The fourth-order valence-corrected chi connectivity index (χ4v) is 2.45. The zero-order valence-corrected chi connectivity index (χ0v) is 10.2. The van der Waals surface area contributed by atoms with Crippen molar-refractivity contribution in [2.75, 3.05) is 6.61 Å². The van der Waals surface area contributed by atoms with Gasteiger partial charge in [0.15, 0.2) is 0 Å². The van der Waals surface area contributed by atoms with E-state index in [1.807, 2.05) is 23.6 Å². The quantitative estimate of drug-likeness (QED) is 0.474. The summed E-state index contributed by atoms with van der Waals surface area (Å²) in [4.78, 5) is 22.6. The van der Waals surface area contributed by atoms with Crippen molar-refractivity contribution < 1.29 is 14.3 Å². The third kappa shape index (κ3) is 2.36. The summed E-state index contributed by atoms with van der Waals surface area (Å²) in [6, 6.07) is 7.55. The molecule has 17 heavy (non-hydrogen) atoms. The van der Waals surface area contributed by atoms with Crippen LogP contribution < -0.4 is 0 Å². The number of ether oxygens (including phenoxy) is 1. The Morgan fingerprint density at radius 1 is 1.47 bits per heavy atom. The highest BCUT2D eigenvalue weighted by Gasteiger charge is 2.21. The van der Waals surface area contributed by atoms with E-state index < -0.39 is 11.9 Å². The molecule has 0 aliphatic carbocycles. The molecule has 1 unspecified atom stereocenters. The van der Waals surface area contributed by atoms with Crippen LogP contribution in [0.1, 0.15) is 18.4 Å². The first kappa shape index (κ1) is 11.8. The van der Waals surface area contributed by atoms with Crippen molar-refractivity contribution in [3.8, 4) is 0 Å². The fraction of sp³-hybridized carbons (Fsp3) is 0.231. The lowest BCUT2D eigenvalue weighted by Crippen LogP contribution is -2.17. The Morgan fingerprint density at radius 2 is 2.29 bits per heavy atom. The molecule has 88 valence electrons. The number of carbonyl (C=O) groups excluding carboxylic acids is 2. The number of esters is 1. The molecule has 0 bridgehead atoms. The van der Waals surface area contributed by atoms with Gasteiger partial charge >= 0.3 is 5.97 Å². The average Bonchev–Trinajstić information content (AvgIpc) is 2.77. The molecule has 1 aromatic heterocycles. The monoisotopic (exact) mass is 248 g/mol. The van der Waals surface area contributed by atoms with Crippen molar-refractivity contribution in [3.05, 3.63) is 35.2 Å². The van der Waals surface area contributed by atoms with Gasteiger partial charge in [0.2, 0.25) is 0 Å². The summed E-state index contributed by atoms with van der Waals surface area (Å²) < 4.78 is 6.02. The van der Waals surface area contributed by atoms with Crippen LogP contribution >= 0.6 is 11.3 Å². The summed E-state index contributed by atoms with van der Waals surface area (Å²) >= 11 is 1.63. The number of hydrogen-bond acceptors (Lipinski definition) is 4. The van der Waals surface area contributed by atoms with Gasteiger partial charge in [-0.25, -0.2) is 0 Å². The number of carbonyl (C=O) groups is 2. The molecule has 0 aliphatic heterocycles. The predicted molar refractivity (Wildman–Crippen MR) is 67.3 cm³/mol. The Bertz CT molecular complexity index is 544. The molecule has 1 atom stereocenters. The Hall–Kier alpha value is -1.68. The zero-order chi connectivity index (χ0) is 12.3. The van der Waals surface area contributed by atoms with Gasteiger partial charge in [0.25, 0.3) is 0 Å². The lowest BCUT2D eigenvalue weighted by molar-refractivity contribution is -0.145. The molecule has 4 heteroatoms. The summed E-state index contributed by atoms with van der Waals surface area (Å²) in [6.07, 6.45) is 0.630. The van der Waals surface area contributed by atoms with Crippen LogP contribution in [0.2, 0.25) is 0 Å². The van der Waals surface area contributed by atoms with Gasteiger partial charge in [0.1, 0.15) is 12.2 Å². The third-order valence-corrected chi connectivity index (χ3v) is 3.41. The molecule has 0 radical (unpaired) electrons. The number of hydrogen-bond donors (Lipinski definition) is 0. The molecule has 0 saturated heterocycles. The summed E-state index contributed by atoms with van der Waals surface area (Å²) in [6.45, 7) is 2.01. The maximum Gasteiger partial charge on any atom is 0.320 e. The second kappa shape index (κ2) is 5.10. The number of fused-ring (bicyclic) bond motifs is 1. The molecule has 0 fully saturated rings. The number of thiophene rings is 1. The molecule has 2 rings (SSSR count). The third-order valence-electron chi connectivity index (χ3n) is 2.51. The molecule has 1 heterocycles. The molecule has 0 spiro atoms. The number of aldehydes is 1. The Labute approximate surface area is 103 Å². The van der Waals surface area contributed by atoms with Gasteiger partial charge in [0.05, 0.1) is 6.61 Å². The van der Waals surface area contributed by atoms with Crippen molar-refractivity contribution in [1.82, 2.24) is 0 Å². The van der Waals surface area contributed by atoms with Crippen molar-refractivity contribution >= 4 is 33.7 Å². The van der Waals surface area contributed by atoms with Crippen LogP contribution in [0, 0.1) is 0 Å². The van der Waals surface area contributed by atoms with E-state index in [-0.39, 0.29) is 6.61 Å². The standard InChI is InChI=1S/C13H12O3S/c1-2-16-13(15)11(8-14)9-3-4-12-10(7-9)5-6-17-12/h3-8,11H,2H2,1H3. The van der Waals surface area contributed by atoms with E-state index in [9.17, 15) is 9.59 Å². The fourth-order valence-electron chi connectivity index (χ4n) is 1.68.